The summed E-state index contributed by atoms with van der Waals surface area (Å²) >= 11 is 0. The minimum Gasteiger partial charge on any atom is -0.491 e. The third kappa shape index (κ3) is 6.41. The van der Waals surface area contributed by atoms with E-state index in [0.29, 0.717) is 17.5 Å². The highest BCUT2D eigenvalue weighted by atomic mass is 16.5. The summed E-state index contributed by atoms with van der Waals surface area (Å²) in [7, 11) is 0. The number of aliphatic hydroxyl groups is 1. The molecule has 2 aromatic heterocycles. The maximum Gasteiger partial charge on any atom is 0.294 e. The Balaban J connectivity index is 1.44. The van der Waals surface area contributed by atoms with E-state index < -0.39 is 5.60 Å². The number of aryl methyl sites for hydroxylation is 1. The van der Waals surface area contributed by atoms with Gasteiger partial charge in [0.15, 0.2) is 0 Å². The summed E-state index contributed by atoms with van der Waals surface area (Å²) < 4.78 is 5.74. The molecule has 0 radical (unpaired) electrons. The highest BCUT2D eigenvalue weighted by Gasteiger charge is 2.19. The van der Waals surface area contributed by atoms with Crippen molar-refractivity contribution in [1.82, 2.24) is 20.2 Å². The molecule has 8 heteroatoms. The monoisotopic (exact) mass is 463 g/mol. The fraction of sp³-hybridized carbons (Fsp3) is 0.462. The van der Waals surface area contributed by atoms with Crippen LogP contribution in [0, 0.1) is 12.8 Å². The van der Waals surface area contributed by atoms with Crippen molar-refractivity contribution in [3.8, 4) is 16.9 Å². The van der Waals surface area contributed by atoms with Crippen LogP contribution in [-0.2, 0) is 6.42 Å². The second-order valence-corrected chi connectivity index (χ2v) is 9.79. The number of ether oxygens (including phenoxy) is 1. The molecule has 1 saturated carbocycles. The van der Waals surface area contributed by atoms with E-state index in [-0.39, 0.29) is 18.3 Å². The van der Waals surface area contributed by atoms with E-state index in [1.54, 1.807) is 20.0 Å². The zero-order chi connectivity index (χ0) is 24.1. The third-order valence-electron chi connectivity index (χ3n) is 6.07. The fourth-order valence-corrected chi connectivity index (χ4v) is 4.26. The highest BCUT2D eigenvalue weighted by Crippen LogP contribution is 2.29. The van der Waals surface area contributed by atoms with Crippen molar-refractivity contribution in [2.24, 2.45) is 5.92 Å². The molecule has 1 aliphatic carbocycles. The molecule has 1 fully saturated rings. The van der Waals surface area contributed by atoms with Gasteiger partial charge in [-0.1, -0.05) is 38.2 Å². The van der Waals surface area contributed by atoms with Gasteiger partial charge in [0.2, 0.25) is 5.82 Å². The molecule has 3 N–H and O–H groups in total. The second-order valence-electron chi connectivity index (χ2n) is 9.79. The molecular weight excluding hydrogens is 430 g/mol. The van der Waals surface area contributed by atoms with Crippen LogP contribution in [0.5, 0.6) is 5.75 Å². The zero-order valence-corrected chi connectivity index (χ0v) is 20.1. The molecular formula is C26H33N5O3. The molecule has 4 rings (SSSR count). The van der Waals surface area contributed by atoms with E-state index in [1.165, 1.54) is 32.1 Å². The van der Waals surface area contributed by atoms with E-state index >= 15 is 0 Å². The number of carbonyl (C=O) groups excluding carboxylic acids is 1. The molecule has 0 saturated heterocycles. The zero-order valence-electron chi connectivity index (χ0n) is 20.1. The Kier molecular flexibility index (Phi) is 7.26. The van der Waals surface area contributed by atoms with Crippen molar-refractivity contribution in [2.45, 2.75) is 64.9 Å². The lowest BCUT2D eigenvalue weighted by molar-refractivity contribution is 0.0285. The molecule has 34 heavy (non-hydrogen) atoms. The van der Waals surface area contributed by atoms with Crippen LogP contribution >= 0.6 is 0 Å². The Bertz CT molecular complexity index is 1130. The van der Waals surface area contributed by atoms with Crippen molar-refractivity contribution in [1.29, 1.82) is 0 Å². The minimum atomic E-state index is -0.920. The van der Waals surface area contributed by atoms with Crippen molar-refractivity contribution in [3.63, 3.8) is 0 Å². The predicted octanol–water partition coefficient (Wildman–Crippen LogP) is 4.70. The number of hydrogen-bond donors (Lipinski definition) is 3. The number of H-pyrrole nitrogens is 1. The number of benzene rings is 1. The fourth-order valence-electron chi connectivity index (χ4n) is 4.26. The van der Waals surface area contributed by atoms with Crippen molar-refractivity contribution in [2.75, 3.05) is 11.9 Å². The van der Waals surface area contributed by atoms with E-state index in [2.05, 4.69) is 25.5 Å². The summed E-state index contributed by atoms with van der Waals surface area (Å²) in [5.41, 5.74) is 1.99. The summed E-state index contributed by atoms with van der Waals surface area (Å²) in [5, 5.41) is 21.0. The number of pyridine rings is 1. The van der Waals surface area contributed by atoms with Crippen LogP contribution in [0.4, 0.5) is 5.82 Å². The molecule has 1 aliphatic rings. The summed E-state index contributed by atoms with van der Waals surface area (Å²) in [6, 6.07) is 9.48. The molecule has 3 aromatic rings. The molecule has 0 spiro atoms. The highest BCUT2D eigenvalue weighted by molar-refractivity contribution is 6.01. The average Bonchev–Trinajstić information content (AvgIpc) is 3.27. The normalized spacial score (nSPS) is 14.7. The van der Waals surface area contributed by atoms with E-state index in [9.17, 15) is 9.90 Å². The largest absolute Gasteiger partial charge is 0.491 e. The van der Waals surface area contributed by atoms with Gasteiger partial charge in [-0.15, -0.1) is 10.2 Å². The molecule has 0 bridgehead atoms. The van der Waals surface area contributed by atoms with Crippen LogP contribution < -0.4 is 10.1 Å². The van der Waals surface area contributed by atoms with Gasteiger partial charge in [-0.2, -0.15) is 0 Å². The quantitative estimate of drug-likeness (QED) is 0.446. The maximum absolute atomic E-state index is 12.7. The Labute approximate surface area is 200 Å². The van der Waals surface area contributed by atoms with Gasteiger partial charge in [0.25, 0.3) is 5.91 Å². The predicted molar refractivity (Wildman–Crippen MR) is 131 cm³/mol. The van der Waals surface area contributed by atoms with Crippen LogP contribution in [0.1, 0.15) is 68.0 Å². The SMILES string of the molecule is Cc1ccc(OCC(C)(C)O)cc1-c1ccnc(NC(=O)c2nnc(CC3CCCCC3)[nH]2)c1. The number of anilines is 1. The van der Waals surface area contributed by atoms with Crippen LogP contribution in [0.15, 0.2) is 36.5 Å². The minimum absolute atomic E-state index is 0.188. The van der Waals surface area contributed by atoms with Gasteiger partial charge in [0.05, 0.1) is 5.60 Å². The summed E-state index contributed by atoms with van der Waals surface area (Å²) in [5.74, 6) is 2.29. The number of amides is 1. The Morgan fingerprint density at radius 3 is 2.74 bits per heavy atom. The first-order chi connectivity index (χ1) is 16.3. The van der Waals surface area contributed by atoms with Gasteiger partial charge < -0.3 is 20.1 Å². The lowest BCUT2D eigenvalue weighted by Crippen LogP contribution is -2.27. The van der Waals surface area contributed by atoms with Gasteiger partial charge in [-0.3, -0.25) is 4.79 Å². The number of hydrogen-bond acceptors (Lipinski definition) is 6. The van der Waals surface area contributed by atoms with Gasteiger partial charge in [0, 0.05) is 12.6 Å². The first kappa shape index (κ1) is 23.9. The Morgan fingerprint density at radius 1 is 1.18 bits per heavy atom. The van der Waals surface area contributed by atoms with Crippen LogP contribution in [0.25, 0.3) is 11.1 Å². The number of aromatic nitrogens is 4. The van der Waals surface area contributed by atoms with Crippen molar-refractivity contribution >= 4 is 11.7 Å². The third-order valence-corrected chi connectivity index (χ3v) is 6.07. The molecule has 8 nitrogen and oxygen atoms in total. The molecule has 1 amide bonds. The topological polar surface area (TPSA) is 113 Å². The number of carbonyl (C=O) groups is 1. The summed E-state index contributed by atoms with van der Waals surface area (Å²) in [4.78, 5) is 20.1. The summed E-state index contributed by atoms with van der Waals surface area (Å²) in [6.45, 7) is 5.60. The smallest absolute Gasteiger partial charge is 0.294 e. The van der Waals surface area contributed by atoms with Crippen molar-refractivity contribution < 1.29 is 14.6 Å². The Hall–Kier alpha value is -3.26. The molecule has 1 aromatic carbocycles. The van der Waals surface area contributed by atoms with Crippen LogP contribution in [0.3, 0.4) is 0 Å². The maximum atomic E-state index is 12.7. The van der Waals surface area contributed by atoms with E-state index in [4.69, 9.17) is 4.74 Å². The first-order valence-corrected chi connectivity index (χ1v) is 11.9. The molecule has 0 aliphatic heterocycles. The van der Waals surface area contributed by atoms with Gasteiger partial charge in [-0.25, -0.2) is 4.98 Å². The van der Waals surface area contributed by atoms with E-state index in [1.807, 2.05) is 37.3 Å². The average molecular weight is 464 g/mol. The number of aromatic amines is 1. The number of rotatable bonds is 8. The molecule has 2 heterocycles. The molecule has 180 valence electrons. The lowest BCUT2D eigenvalue weighted by atomic mass is 9.87. The molecule has 0 atom stereocenters. The second kappa shape index (κ2) is 10.3. The lowest BCUT2D eigenvalue weighted by Gasteiger charge is -2.19. The van der Waals surface area contributed by atoms with Crippen molar-refractivity contribution in [3.05, 3.63) is 53.7 Å². The van der Waals surface area contributed by atoms with Gasteiger partial charge in [0.1, 0.15) is 24.0 Å². The van der Waals surface area contributed by atoms with Crippen LogP contribution in [0.2, 0.25) is 0 Å². The number of nitrogens with one attached hydrogen (secondary N) is 2. The molecule has 0 unspecified atom stereocenters. The Morgan fingerprint density at radius 2 is 1.97 bits per heavy atom. The van der Waals surface area contributed by atoms with E-state index in [0.717, 1.165) is 28.9 Å². The van der Waals surface area contributed by atoms with Gasteiger partial charge in [-0.05, 0) is 67.6 Å². The number of nitrogens with zero attached hydrogens (tertiary/aromatic N) is 3. The standard InChI is InChI=1S/C26H33N5O3/c1-17-9-10-20(34-16-26(2,3)33)15-21(17)19-11-12-27-22(14-19)29-25(32)24-28-23(30-31-24)13-18-7-5-4-6-8-18/h9-12,14-15,18,33H,4-8,13,16H2,1-3H3,(H,27,29,32)(H,28,30,31). The summed E-state index contributed by atoms with van der Waals surface area (Å²) in [6.07, 6.45) is 8.75. The van der Waals surface area contributed by atoms with Gasteiger partial charge >= 0.3 is 0 Å². The van der Waals surface area contributed by atoms with Crippen LogP contribution in [-0.4, -0.2) is 43.4 Å². The first-order valence-electron chi connectivity index (χ1n) is 11.9.